The topological polar surface area (TPSA) is 90.1 Å². The van der Waals surface area contributed by atoms with Crippen LogP contribution >= 0.6 is 0 Å². The summed E-state index contributed by atoms with van der Waals surface area (Å²) in [6.45, 7) is 0. The van der Waals surface area contributed by atoms with Gasteiger partial charge in [-0.25, -0.2) is 4.39 Å². The number of para-hydroxylation sites is 2. The molecule has 0 radical (unpaired) electrons. The van der Waals surface area contributed by atoms with Crippen molar-refractivity contribution in [1.29, 1.82) is 0 Å². The Morgan fingerprint density at radius 1 is 1.03 bits per heavy atom. The van der Waals surface area contributed by atoms with Gasteiger partial charge < -0.3 is 14.6 Å². The molecule has 1 N–H and O–H groups in total. The molecule has 0 aliphatic carbocycles. The Balaban J connectivity index is 1.37. The maximum Gasteiger partial charge on any atom is 0.227 e. The summed E-state index contributed by atoms with van der Waals surface area (Å²) in [4.78, 5) is 20.8. The van der Waals surface area contributed by atoms with Crippen LogP contribution in [0.25, 0.3) is 11.5 Å². The van der Waals surface area contributed by atoms with Crippen LogP contribution in [0.5, 0.6) is 11.5 Å². The van der Waals surface area contributed by atoms with Crippen LogP contribution < -0.4 is 10.1 Å². The van der Waals surface area contributed by atoms with E-state index in [1.165, 1.54) is 24.3 Å². The highest BCUT2D eigenvalue weighted by molar-refractivity contribution is 5.92. The van der Waals surface area contributed by atoms with Gasteiger partial charge in [0.05, 0.1) is 5.69 Å². The number of anilines is 1. The number of pyridine rings is 1. The third-order valence-electron chi connectivity index (χ3n) is 4.13. The maximum atomic E-state index is 13.1. The van der Waals surface area contributed by atoms with E-state index in [2.05, 4.69) is 20.4 Å². The number of carbonyl (C=O) groups excluding carboxylic acids is 1. The fraction of sp³-hybridized carbons (Fsp3) is 0.0909. The second kappa shape index (κ2) is 8.95. The largest absolute Gasteiger partial charge is 0.455 e. The van der Waals surface area contributed by atoms with Gasteiger partial charge in [-0.3, -0.25) is 9.78 Å². The molecule has 2 aromatic heterocycles. The molecule has 8 heteroatoms. The number of amides is 1. The van der Waals surface area contributed by atoms with Crippen molar-refractivity contribution in [1.82, 2.24) is 15.1 Å². The number of nitrogens with one attached hydrogen (secondary N) is 1. The average Bonchev–Trinajstić information content (AvgIpc) is 3.25. The number of halogens is 1. The van der Waals surface area contributed by atoms with Crippen molar-refractivity contribution in [3.63, 3.8) is 0 Å². The first-order valence-corrected chi connectivity index (χ1v) is 9.24. The lowest BCUT2D eigenvalue weighted by Crippen LogP contribution is -2.13. The zero-order valence-corrected chi connectivity index (χ0v) is 15.8. The summed E-state index contributed by atoms with van der Waals surface area (Å²) in [5, 5.41) is 6.70. The highest BCUT2D eigenvalue weighted by Crippen LogP contribution is 2.29. The van der Waals surface area contributed by atoms with Gasteiger partial charge in [0.15, 0.2) is 5.75 Å². The molecule has 0 fully saturated rings. The zero-order chi connectivity index (χ0) is 20.8. The van der Waals surface area contributed by atoms with Crippen LogP contribution in [-0.2, 0) is 11.2 Å². The van der Waals surface area contributed by atoms with E-state index >= 15 is 0 Å². The number of aryl methyl sites for hydroxylation is 1. The van der Waals surface area contributed by atoms with Gasteiger partial charge in [-0.1, -0.05) is 23.4 Å². The Morgan fingerprint density at radius 2 is 1.83 bits per heavy atom. The fourth-order valence-electron chi connectivity index (χ4n) is 2.68. The molecule has 30 heavy (non-hydrogen) atoms. The quantitative estimate of drug-likeness (QED) is 0.483. The van der Waals surface area contributed by atoms with Crippen molar-refractivity contribution in [3.8, 4) is 23.0 Å². The zero-order valence-electron chi connectivity index (χ0n) is 15.8. The summed E-state index contributed by atoms with van der Waals surface area (Å²) in [6.07, 6.45) is 2.08. The molecule has 4 aromatic rings. The molecule has 0 bridgehead atoms. The molecule has 150 valence electrons. The van der Waals surface area contributed by atoms with E-state index in [1.807, 2.05) is 6.07 Å². The van der Waals surface area contributed by atoms with Crippen LogP contribution in [0.15, 0.2) is 77.4 Å². The fourth-order valence-corrected chi connectivity index (χ4v) is 2.68. The van der Waals surface area contributed by atoms with Crippen LogP contribution in [0.3, 0.4) is 0 Å². The molecular weight excluding hydrogens is 387 g/mol. The summed E-state index contributed by atoms with van der Waals surface area (Å²) in [5.41, 5.74) is 1.11. The molecule has 0 aliphatic heterocycles. The van der Waals surface area contributed by atoms with Gasteiger partial charge in [-0.2, -0.15) is 4.98 Å². The van der Waals surface area contributed by atoms with Crippen LogP contribution in [-0.4, -0.2) is 21.0 Å². The lowest BCUT2D eigenvalue weighted by atomic mass is 10.2. The molecule has 2 aromatic carbocycles. The maximum absolute atomic E-state index is 13.1. The van der Waals surface area contributed by atoms with E-state index in [0.29, 0.717) is 34.6 Å². The molecule has 0 aliphatic rings. The number of hydrogen-bond donors (Lipinski definition) is 1. The van der Waals surface area contributed by atoms with Gasteiger partial charge in [0.25, 0.3) is 0 Å². The number of hydrogen-bond acceptors (Lipinski definition) is 6. The minimum absolute atomic E-state index is 0.148. The molecule has 0 unspecified atom stereocenters. The number of aromatic nitrogens is 3. The second-order valence-corrected chi connectivity index (χ2v) is 6.33. The number of carbonyl (C=O) groups is 1. The number of ether oxygens (including phenoxy) is 1. The summed E-state index contributed by atoms with van der Waals surface area (Å²) in [6, 6.07) is 18.1. The first-order chi connectivity index (χ1) is 14.7. The van der Waals surface area contributed by atoms with Crippen molar-refractivity contribution < 1.29 is 18.4 Å². The third-order valence-corrected chi connectivity index (χ3v) is 4.13. The second-order valence-electron chi connectivity index (χ2n) is 6.33. The SMILES string of the molecule is O=C(CCc1nc(-c2ccccn2)no1)Nc1ccccc1Oc1ccc(F)cc1. The Bertz CT molecular complexity index is 1130. The Kier molecular flexibility index (Phi) is 5.75. The molecule has 0 saturated heterocycles. The van der Waals surface area contributed by atoms with Gasteiger partial charge in [0.2, 0.25) is 17.6 Å². The molecule has 7 nitrogen and oxygen atoms in total. The smallest absolute Gasteiger partial charge is 0.227 e. The molecule has 2 heterocycles. The van der Waals surface area contributed by atoms with Crippen molar-refractivity contribution in [2.75, 3.05) is 5.32 Å². The standard InChI is InChI=1S/C22H17FN4O3/c23-15-8-10-16(11-9-15)29-19-7-2-1-5-17(19)25-20(28)12-13-21-26-22(27-30-21)18-6-3-4-14-24-18/h1-11,14H,12-13H2,(H,25,28). The summed E-state index contributed by atoms with van der Waals surface area (Å²) in [7, 11) is 0. The molecular formula is C22H17FN4O3. The van der Waals surface area contributed by atoms with E-state index in [1.54, 1.807) is 42.6 Å². The van der Waals surface area contributed by atoms with Crippen LogP contribution in [0, 0.1) is 5.82 Å². The van der Waals surface area contributed by atoms with Crippen molar-refractivity contribution in [2.45, 2.75) is 12.8 Å². The Morgan fingerprint density at radius 3 is 2.63 bits per heavy atom. The van der Waals surface area contributed by atoms with Crippen molar-refractivity contribution in [3.05, 3.63) is 84.6 Å². The molecule has 1 amide bonds. The summed E-state index contributed by atoms with van der Waals surface area (Å²) in [5.74, 6) is 1.06. The average molecular weight is 404 g/mol. The minimum atomic E-state index is -0.351. The van der Waals surface area contributed by atoms with E-state index in [0.717, 1.165) is 0 Å². The van der Waals surface area contributed by atoms with Gasteiger partial charge in [0.1, 0.15) is 17.3 Å². The lowest BCUT2D eigenvalue weighted by molar-refractivity contribution is -0.116. The van der Waals surface area contributed by atoms with Crippen LogP contribution in [0.1, 0.15) is 12.3 Å². The molecule has 0 saturated carbocycles. The van der Waals surface area contributed by atoms with Crippen LogP contribution in [0.4, 0.5) is 10.1 Å². The van der Waals surface area contributed by atoms with Gasteiger partial charge in [0, 0.05) is 19.0 Å². The predicted molar refractivity (Wildman–Crippen MR) is 107 cm³/mol. The minimum Gasteiger partial charge on any atom is -0.455 e. The third kappa shape index (κ3) is 4.85. The number of nitrogens with zero attached hydrogens (tertiary/aromatic N) is 3. The van der Waals surface area contributed by atoms with Crippen molar-refractivity contribution in [2.24, 2.45) is 0 Å². The Labute approximate surface area is 171 Å². The van der Waals surface area contributed by atoms with Gasteiger partial charge in [-0.05, 0) is 48.5 Å². The molecule has 0 atom stereocenters. The van der Waals surface area contributed by atoms with Gasteiger partial charge >= 0.3 is 0 Å². The first kappa shape index (κ1) is 19.3. The first-order valence-electron chi connectivity index (χ1n) is 9.24. The lowest BCUT2D eigenvalue weighted by Gasteiger charge is -2.12. The predicted octanol–water partition coefficient (Wildman–Crippen LogP) is 4.63. The molecule has 4 rings (SSSR count). The summed E-state index contributed by atoms with van der Waals surface area (Å²) < 4.78 is 24.0. The monoisotopic (exact) mass is 404 g/mol. The summed E-state index contributed by atoms with van der Waals surface area (Å²) >= 11 is 0. The van der Waals surface area contributed by atoms with E-state index in [9.17, 15) is 9.18 Å². The normalized spacial score (nSPS) is 10.6. The highest BCUT2D eigenvalue weighted by Gasteiger charge is 2.13. The highest BCUT2D eigenvalue weighted by atomic mass is 19.1. The van der Waals surface area contributed by atoms with E-state index < -0.39 is 0 Å². The Hall–Kier alpha value is -4.07. The van der Waals surface area contributed by atoms with Crippen LogP contribution in [0.2, 0.25) is 0 Å². The van der Waals surface area contributed by atoms with Gasteiger partial charge in [-0.15, -0.1) is 0 Å². The van der Waals surface area contributed by atoms with Crippen molar-refractivity contribution >= 4 is 11.6 Å². The number of rotatable bonds is 7. The molecule has 0 spiro atoms. The van der Waals surface area contributed by atoms with E-state index in [-0.39, 0.29) is 24.6 Å². The number of benzene rings is 2. The van der Waals surface area contributed by atoms with E-state index in [4.69, 9.17) is 9.26 Å².